The van der Waals surface area contributed by atoms with Gasteiger partial charge in [-0.25, -0.2) is 0 Å². The number of nitriles is 1. The molecule has 0 radical (unpaired) electrons. The van der Waals surface area contributed by atoms with Crippen molar-refractivity contribution in [3.8, 4) is 6.07 Å². The van der Waals surface area contributed by atoms with Crippen LogP contribution in [0, 0.1) is 25.2 Å². The number of hydrogen-bond acceptors (Lipinski definition) is 4. The van der Waals surface area contributed by atoms with Gasteiger partial charge in [0.15, 0.2) is 0 Å². The third-order valence-electron chi connectivity index (χ3n) is 4.76. The molecule has 0 bridgehead atoms. The van der Waals surface area contributed by atoms with Crippen LogP contribution in [0.25, 0.3) is 0 Å². The first-order chi connectivity index (χ1) is 13.2. The first-order valence-electron chi connectivity index (χ1n) is 8.96. The smallest absolute Gasteiger partial charge is 0.266 e. The third-order valence-corrected chi connectivity index (χ3v) is 4.76. The lowest BCUT2D eigenvalue weighted by Crippen LogP contribution is -2.24. The normalized spacial score (nSPS) is 10.2. The van der Waals surface area contributed by atoms with E-state index < -0.39 is 5.56 Å². The minimum absolute atomic E-state index is 0.0570. The van der Waals surface area contributed by atoms with Gasteiger partial charge in [-0.2, -0.15) is 5.26 Å². The van der Waals surface area contributed by atoms with Crippen LogP contribution >= 0.6 is 0 Å². The quantitative estimate of drug-likeness (QED) is 0.802. The van der Waals surface area contributed by atoms with Crippen LogP contribution in [0.1, 0.15) is 41.3 Å². The molecule has 28 heavy (non-hydrogen) atoms. The molecule has 7 nitrogen and oxygen atoms in total. The van der Waals surface area contributed by atoms with Crippen LogP contribution in [0.15, 0.2) is 29.1 Å². The van der Waals surface area contributed by atoms with Crippen LogP contribution in [-0.4, -0.2) is 28.7 Å². The van der Waals surface area contributed by atoms with Gasteiger partial charge in [0, 0.05) is 38.3 Å². The lowest BCUT2D eigenvalue weighted by Gasteiger charge is -2.18. The highest BCUT2D eigenvalue weighted by atomic mass is 16.2. The number of amides is 2. The molecular weight excluding hydrogens is 356 g/mol. The van der Waals surface area contributed by atoms with Crippen LogP contribution in [0.3, 0.4) is 0 Å². The molecule has 0 unspecified atom stereocenters. The van der Waals surface area contributed by atoms with Crippen molar-refractivity contribution in [2.45, 2.75) is 40.2 Å². The molecule has 0 saturated carbocycles. The summed E-state index contributed by atoms with van der Waals surface area (Å²) in [5.41, 5.74) is 3.26. The lowest BCUT2D eigenvalue weighted by molar-refractivity contribution is -0.128. The number of nitrogens with one attached hydrogen (secondary N) is 2. The highest BCUT2D eigenvalue weighted by Crippen LogP contribution is 2.19. The average Bonchev–Trinajstić information content (AvgIpc) is 2.63. The topological polar surface area (TPSA) is 106 Å². The molecule has 2 amide bonds. The molecule has 1 aromatic heterocycles. The number of pyridine rings is 1. The van der Waals surface area contributed by atoms with Gasteiger partial charge >= 0.3 is 0 Å². The minimum atomic E-state index is -0.408. The summed E-state index contributed by atoms with van der Waals surface area (Å²) in [6.45, 7) is 5.37. The summed E-state index contributed by atoms with van der Waals surface area (Å²) in [5.74, 6) is -0.236. The maximum atomic E-state index is 12.5. The molecule has 0 aliphatic heterocycles. The van der Waals surface area contributed by atoms with Gasteiger partial charge in [0.25, 0.3) is 5.56 Å². The molecule has 1 aromatic carbocycles. The number of benzene rings is 1. The van der Waals surface area contributed by atoms with Crippen molar-refractivity contribution in [2.24, 2.45) is 0 Å². The average molecular weight is 380 g/mol. The number of aromatic nitrogens is 1. The van der Waals surface area contributed by atoms with Crippen molar-refractivity contribution in [1.29, 1.82) is 5.26 Å². The Bertz CT molecular complexity index is 1000. The monoisotopic (exact) mass is 380 g/mol. The van der Waals surface area contributed by atoms with E-state index in [0.717, 1.165) is 11.1 Å². The Morgan fingerprint density at radius 2 is 1.93 bits per heavy atom. The predicted molar refractivity (Wildman–Crippen MR) is 107 cm³/mol. The first kappa shape index (κ1) is 20.9. The molecule has 0 aliphatic carbocycles. The van der Waals surface area contributed by atoms with Crippen molar-refractivity contribution in [2.75, 3.05) is 12.4 Å². The van der Waals surface area contributed by atoms with E-state index in [1.54, 1.807) is 31.9 Å². The largest absolute Gasteiger partial charge is 0.342 e. The van der Waals surface area contributed by atoms with E-state index in [1.807, 2.05) is 24.3 Å². The Morgan fingerprint density at radius 1 is 1.25 bits per heavy atom. The van der Waals surface area contributed by atoms with Gasteiger partial charge in [-0.1, -0.05) is 18.2 Å². The second-order valence-electron chi connectivity index (χ2n) is 6.75. The number of aryl methyl sites for hydroxylation is 1. The number of aromatic amines is 1. The molecular formula is C21H24N4O3. The Labute approximate surface area is 164 Å². The molecule has 2 rings (SSSR count). The molecule has 1 heterocycles. The second-order valence-corrected chi connectivity index (χ2v) is 6.75. The van der Waals surface area contributed by atoms with Gasteiger partial charge in [0.05, 0.1) is 0 Å². The number of hydrogen-bond donors (Lipinski definition) is 2. The Hall–Kier alpha value is -3.40. The molecule has 0 spiro atoms. The fourth-order valence-corrected chi connectivity index (χ4v) is 3.02. The van der Waals surface area contributed by atoms with Crippen LogP contribution in [0.5, 0.6) is 0 Å². The maximum absolute atomic E-state index is 12.5. The number of carbonyl (C=O) groups excluding carboxylic acids is 2. The van der Waals surface area contributed by atoms with E-state index in [4.69, 9.17) is 5.26 Å². The van der Waals surface area contributed by atoms with Gasteiger partial charge in [-0.15, -0.1) is 0 Å². The number of nitrogens with zero attached hydrogens (tertiary/aromatic N) is 2. The molecule has 0 aliphatic rings. The molecule has 2 N–H and O–H groups in total. The summed E-state index contributed by atoms with van der Waals surface area (Å²) >= 11 is 0. The van der Waals surface area contributed by atoms with Crippen molar-refractivity contribution < 1.29 is 9.59 Å². The number of anilines is 1. The van der Waals surface area contributed by atoms with E-state index in [2.05, 4.69) is 10.3 Å². The fraction of sp³-hybridized carbons (Fsp3) is 0.333. The summed E-state index contributed by atoms with van der Waals surface area (Å²) in [4.78, 5) is 40.0. The summed E-state index contributed by atoms with van der Waals surface area (Å²) in [6.07, 6.45) is 0.611. The highest BCUT2D eigenvalue weighted by molar-refractivity contribution is 5.91. The van der Waals surface area contributed by atoms with Gasteiger partial charge < -0.3 is 15.2 Å². The van der Waals surface area contributed by atoms with E-state index >= 15 is 0 Å². The maximum Gasteiger partial charge on any atom is 0.266 e. The highest BCUT2D eigenvalue weighted by Gasteiger charge is 2.14. The predicted octanol–water partition coefficient (Wildman–Crippen LogP) is 2.41. The molecule has 0 fully saturated rings. The van der Waals surface area contributed by atoms with E-state index in [-0.39, 0.29) is 23.8 Å². The zero-order chi connectivity index (χ0) is 20.8. The molecule has 146 valence electrons. The van der Waals surface area contributed by atoms with Crippen LogP contribution in [0.4, 0.5) is 5.69 Å². The minimum Gasteiger partial charge on any atom is -0.342 e. The number of H-pyrrole nitrogens is 1. The van der Waals surface area contributed by atoms with Gasteiger partial charge in [-0.05, 0) is 43.0 Å². The lowest BCUT2D eigenvalue weighted by atomic mass is 9.99. The zero-order valence-corrected chi connectivity index (χ0v) is 16.5. The van der Waals surface area contributed by atoms with Crippen molar-refractivity contribution >= 4 is 17.5 Å². The summed E-state index contributed by atoms with van der Waals surface area (Å²) in [7, 11) is 1.70. The number of carbonyl (C=O) groups is 2. The summed E-state index contributed by atoms with van der Waals surface area (Å²) in [5, 5.41) is 12.0. The molecule has 7 heteroatoms. The van der Waals surface area contributed by atoms with E-state index in [1.165, 1.54) is 6.92 Å². The summed E-state index contributed by atoms with van der Waals surface area (Å²) in [6, 6.07) is 9.26. The number of para-hydroxylation sites is 1. The second kappa shape index (κ2) is 9.00. The standard InChI is InChI=1S/C21H24N4O3/c1-13-17(14(2)23-21(28)18(13)11-22)9-10-20(27)24-19-8-6-5-7-16(19)12-25(4)15(3)26/h5-8H,9-10,12H2,1-4H3,(H,23,28)(H,24,27). The van der Waals surface area contributed by atoms with Crippen LogP contribution < -0.4 is 10.9 Å². The van der Waals surface area contributed by atoms with Crippen molar-refractivity contribution in [3.05, 3.63) is 62.6 Å². The summed E-state index contributed by atoms with van der Waals surface area (Å²) < 4.78 is 0. The first-order valence-corrected chi connectivity index (χ1v) is 8.96. The van der Waals surface area contributed by atoms with Crippen molar-refractivity contribution in [3.63, 3.8) is 0 Å². The van der Waals surface area contributed by atoms with Gasteiger partial charge in [0.1, 0.15) is 11.6 Å². The van der Waals surface area contributed by atoms with Crippen LogP contribution in [-0.2, 0) is 22.6 Å². The fourth-order valence-electron chi connectivity index (χ4n) is 3.02. The van der Waals surface area contributed by atoms with Crippen molar-refractivity contribution in [1.82, 2.24) is 9.88 Å². The van der Waals surface area contributed by atoms with Crippen LogP contribution in [0.2, 0.25) is 0 Å². The van der Waals surface area contributed by atoms with Gasteiger partial charge in [-0.3, -0.25) is 14.4 Å². The number of rotatable bonds is 6. The zero-order valence-electron chi connectivity index (χ0n) is 16.5. The molecule has 0 saturated heterocycles. The Morgan fingerprint density at radius 3 is 2.57 bits per heavy atom. The van der Waals surface area contributed by atoms with Gasteiger partial charge in [0.2, 0.25) is 11.8 Å². The Balaban J connectivity index is 2.12. The molecule has 2 aromatic rings. The van der Waals surface area contributed by atoms with E-state index in [9.17, 15) is 14.4 Å². The third kappa shape index (κ3) is 4.86. The SMILES string of the molecule is CC(=O)N(C)Cc1ccccc1NC(=O)CCc1c(C)[nH]c(=O)c(C#N)c1C. The molecule has 0 atom stereocenters. The Kier molecular flexibility index (Phi) is 6.72. The van der Waals surface area contributed by atoms with E-state index in [0.29, 0.717) is 29.9 Å².